The van der Waals surface area contributed by atoms with Crippen LogP contribution in [0.1, 0.15) is 45.5 Å². The van der Waals surface area contributed by atoms with Crippen LogP contribution in [-0.2, 0) is 6.42 Å². The molecule has 0 bridgehead atoms. The van der Waals surface area contributed by atoms with E-state index in [9.17, 15) is 14.0 Å². The first-order valence-electron chi connectivity index (χ1n) is 8.28. The van der Waals surface area contributed by atoms with Crippen LogP contribution in [0.2, 0.25) is 0 Å². The summed E-state index contributed by atoms with van der Waals surface area (Å²) in [5, 5.41) is 9.08. The minimum Gasteiger partial charge on any atom is -0.478 e. The predicted molar refractivity (Wildman–Crippen MR) is 90.0 cm³/mol. The van der Waals surface area contributed by atoms with Crippen LogP contribution in [0.15, 0.2) is 42.7 Å². The molecule has 1 atom stereocenters. The third-order valence-corrected chi connectivity index (χ3v) is 4.50. The van der Waals surface area contributed by atoms with Crippen LogP contribution < -0.4 is 0 Å². The number of carboxylic acid groups (broad SMARTS) is 1. The zero-order valence-corrected chi connectivity index (χ0v) is 13.7. The van der Waals surface area contributed by atoms with E-state index in [0.717, 1.165) is 24.8 Å². The first-order valence-corrected chi connectivity index (χ1v) is 8.28. The largest absolute Gasteiger partial charge is 0.478 e. The Balaban J connectivity index is 1.80. The lowest BCUT2D eigenvalue weighted by Gasteiger charge is -2.36. The molecule has 25 heavy (non-hydrogen) atoms. The monoisotopic (exact) mass is 342 g/mol. The summed E-state index contributed by atoms with van der Waals surface area (Å²) in [7, 11) is 0. The number of pyridine rings is 1. The number of aromatic carboxylic acids is 1. The molecule has 0 saturated carbocycles. The van der Waals surface area contributed by atoms with Crippen LogP contribution >= 0.6 is 0 Å². The standard InChI is InChI=1S/C19H19FN2O3/c20-16-6-4-13(5-7-16)9-17-3-1-2-8-22(17)18(23)14-10-15(19(24)25)12-21-11-14/h4-7,10-12,17H,1-3,8-9H2,(H,24,25). The maximum Gasteiger partial charge on any atom is 0.337 e. The second kappa shape index (κ2) is 7.42. The van der Waals surface area contributed by atoms with Crippen molar-refractivity contribution in [3.05, 3.63) is 65.2 Å². The van der Waals surface area contributed by atoms with E-state index >= 15 is 0 Å². The van der Waals surface area contributed by atoms with E-state index in [4.69, 9.17) is 5.11 Å². The average molecular weight is 342 g/mol. The fourth-order valence-electron chi connectivity index (χ4n) is 3.21. The highest BCUT2D eigenvalue weighted by molar-refractivity contribution is 5.97. The van der Waals surface area contributed by atoms with Crippen LogP contribution in [-0.4, -0.2) is 39.5 Å². The molecule has 0 aliphatic carbocycles. The van der Waals surface area contributed by atoms with Crippen molar-refractivity contribution in [1.82, 2.24) is 9.88 Å². The molecule has 1 aliphatic rings. The molecule has 1 fully saturated rings. The quantitative estimate of drug-likeness (QED) is 0.926. The molecule has 2 aromatic rings. The van der Waals surface area contributed by atoms with Gasteiger partial charge in [0, 0.05) is 25.0 Å². The zero-order chi connectivity index (χ0) is 17.8. The molecule has 1 aromatic carbocycles. The van der Waals surface area contributed by atoms with Crippen molar-refractivity contribution in [3.8, 4) is 0 Å². The summed E-state index contributed by atoms with van der Waals surface area (Å²) in [6.45, 7) is 0.627. The van der Waals surface area contributed by atoms with Crippen molar-refractivity contribution in [2.45, 2.75) is 31.7 Å². The SMILES string of the molecule is O=C(O)c1cncc(C(=O)N2CCCCC2Cc2ccc(F)cc2)c1. The van der Waals surface area contributed by atoms with Crippen LogP contribution in [0.25, 0.3) is 0 Å². The minimum absolute atomic E-state index is 0.00190. The molecule has 5 nitrogen and oxygen atoms in total. The van der Waals surface area contributed by atoms with Crippen molar-refractivity contribution >= 4 is 11.9 Å². The second-order valence-corrected chi connectivity index (χ2v) is 6.25. The number of rotatable bonds is 4. The first-order chi connectivity index (χ1) is 12.0. The van der Waals surface area contributed by atoms with Crippen molar-refractivity contribution in [2.75, 3.05) is 6.54 Å². The van der Waals surface area contributed by atoms with Gasteiger partial charge in [-0.2, -0.15) is 0 Å². The molecule has 1 N–H and O–H groups in total. The number of carbonyl (C=O) groups excluding carboxylic acids is 1. The Morgan fingerprint density at radius 2 is 1.88 bits per heavy atom. The number of hydrogen-bond donors (Lipinski definition) is 1. The van der Waals surface area contributed by atoms with E-state index in [0.29, 0.717) is 13.0 Å². The maximum absolute atomic E-state index is 13.1. The van der Waals surface area contributed by atoms with Crippen LogP contribution in [0.3, 0.4) is 0 Å². The van der Waals surface area contributed by atoms with Crippen molar-refractivity contribution < 1.29 is 19.1 Å². The number of halogens is 1. The number of amides is 1. The maximum atomic E-state index is 13.1. The number of aromatic nitrogens is 1. The number of likely N-dealkylation sites (tertiary alicyclic amines) is 1. The Morgan fingerprint density at radius 1 is 1.16 bits per heavy atom. The Kier molecular flexibility index (Phi) is 5.07. The molecule has 0 spiro atoms. The molecule has 1 aliphatic heterocycles. The van der Waals surface area contributed by atoms with Gasteiger partial charge in [0.1, 0.15) is 5.82 Å². The van der Waals surface area contributed by atoms with Gasteiger partial charge < -0.3 is 10.0 Å². The number of hydrogen-bond acceptors (Lipinski definition) is 3. The number of carbonyl (C=O) groups is 2. The second-order valence-electron chi connectivity index (χ2n) is 6.25. The Bertz CT molecular complexity index is 776. The van der Waals surface area contributed by atoms with Gasteiger partial charge in [-0.3, -0.25) is 9.78 Å². The van der Waals surface area contributed by atoms with E-state index in [1.807, 2.05) is 0 Å². The Morgan fingerprint density at radius 3 is 2.60 bits per heavy atom. The Labute approximate surface area is 145 Å². The van der Waals surface area contributed by atoms with Crippen molar-refractivity contribution in [2.24, 2.45) is 0 Å². The van der Waals surface area contributed by atoms with Gasteiger partial charge in [0.2, 0.25) is 0 Å². The van der Waals surface area contributed by atoms with Gasteiger partial charge in [-0.1, -0.05) is 12.1 Å². The van der Waals surface area contributed by atoms with Gasteiger partial charge in [-0.05, 0) is 49.4 Å². The predicted octanol–water partition coefficient (Wildman–Crippen LogP) is 3.16. The highest BCUT2D eigenvalue weighted by Gasteiger charge is 2.28. The fourth-order valence-corrected chi connectivity index (χ4v) is 3.21. The first kappa shape index (κ1) is 17.1. The number of carboxylic acids is 1. The summed E-state index contributed by atoms with van der Waals surface area (Å²) < 4.78 is 13.1. The van der Waals surface area contributed by atoms with Gasteiger partial charge in [-0.15, -0.1) is 0 Å². The molecule has 130 valence electrons. The lowest BCUT2D eigenvalue weighted by atomic mass is 9.95. The van der Waals surface area contributed by atoms with Crippen LogP contribution in [0.4, 0.5) is 4.39 Å². The highest BCUT2D eigenvalue weighted by atomic mass is 19.1. The van der Waals surface area contributed by atoms with E-state index in [1.54, 1.807) is 17.0 Å². The van der Waals surface area contributed by atoms with E-state index in [1.165, 1.54) is 30.6 Å². The third kappa shape index (κ3) is 4.02. The normalized spacial score (nSPS) is 17.3. The fraction of sp³-hybridized carbons (Fsp3) is 0.316. The zero-order valence-electron chi connectivity index (χ0n) is 13.7. The van der Waals surface area contributed by atoms with E-state index < -0.39 is 5.97 Å². The van der Waals surface area contributed by atoms with E-state index in [-0.39, 0.29) is 28.9 Å². The van der Waals surface area contributed by atoms with Crippen LogP contribution in [0, 0.1) is 5.82 Å². The van der Waals surface area contributed by atoms with E-state index in [2.05, 4.69) is 4.98 Å². The molecule has 6 heteroatoms. The van der Waals surface area contributed by atoms with Gasteiger partial charge in [0.15, 0.2) is 0 Å². The molecule has 2 heterocycles. The van der Waals surface area contributed by atoms with Gasteiger partial charge in [-0.25, -0.2) is 9.18 Å². The van der Waals surface area contributed by atoms with Crippen molar-refractivity contribution in [1.29, 1.82) is 0 Å². The molecule has 1 aromatic heterocycles. The summed E-state index contributed by atoms with van der Waals surface area (Å²) >= 11 is 0. The summed E-state index contributed by atoms with van der Waals surface area (Å²) in [5.41, 5.74) is 1.26. The lowest BCUT2D eigenvalue weighted by molar-refractivity contribution is 0.0613. The summed E-state index contributed by atoms with van der Waals surface area (Å²) in [4.78, 5) is 29.6. The molecule has 1 unspecified atom stereocenters. The highest BCUT2D eigenvalue weighted by Crippen LogP contribution is 2.23. The van der Waals surface area contributed by atoms with Crippen molar-refractivity contribution in [3.63, 3.8) is 0 Å². The third-order valence-electron chi connectivity index (χ3n) is 4.50. The van der Waals surface area contributed by atoms with Gasteiger partial charge in [0.25, 0.3) is 5.91 Å². The molecule has 1 amide bonds. The number of nitrogens with zero attached hydrogens (tertiary/aromatic N) is 2. The number of piperidine rings is 1. The molecular weight excluding hydrogens is 323 g/mol. The summed E-state index contributed by atoms with van der Waals surface area (Å²) in [6, 6.07) is 7.69. The topological polar surface area (TPSA) is 70.5 Å². The Hall–Kier alpha value is -2.76. The molecule has 1 saturated heterocycles. The lowest BCUT2D eigenvalue weighted by Crippen LogP contribution is -2.45. The summed E-state index contributed by atoms with van der Waals surface area (Å²) in [5.74, 6) is -1.59. The summed E-state index contributed by atoms with van der Waals surface area (Å²) in [6.07, 6.45) is 6.09. The number of benzene rings is 1. The van der Waals surface area contributed by atoms with Crippen LogP contribution in [0.5, 0.6) is 0 Å². The van der Waals surface area contributed by atoms with Gasteiger partial charge in [0.05, 0.1) is 11.1 Å². The molecule has 3 rings (SSSR count). The molecule has 0 radical (unpaired) electrons. The smallest absolute Gasteiger partial charge is 0.337 e. The molecular formula is C19H19FN2O3. The average Bonchev–Trinajstić information content (AvgIpc) is 2.63. The van der Waals surface area contributed by atoms with Gasteiger partial charge >= 0.3 is 5.97 Å². The minimum atomic E-state index is -1.11.